The highest BCUT2D eigenvalue weighted by molar-refractivity contribution is 5.79. The van der Waals surface area contributed by atoms with E-state index in [1.54, 1.807) is 0 Å². The van der Waals surface area contributed by atoms with Crippen molar-refractivity contribution >= 4 is 5.91 Å². The Morgan fingerprint density at radius 3 is 2.31 bits per heavy atom. The van der Waals surface area contributed by atoms with Crippen molar-refractivity contribution in [3.8, 4) is 0 Å². The lowest BCUT2D eigenvalue weighted by atomic mass is 9.85. The van der Waals surface area contributed by atoms with Gasteiger partial charge in [0.25, 0.3) is 0 Å². The number of nitrogens with zero attached hydrogens (tertiary/aromatic N) is 1. The zero-order chi connectivity index (χ0) is 11.5. The minimum Gasteiger partial charge on any atom is -0.393 e. The van der Waals surface area contributed by atoms with Crippen molar-refractivity contribution in [3.05, 3.63) is 12.2 Å². The molecule has 0 radical (unpaired) electrons. The third kappa shape index (κ3) is 2.64. The lowest BCUT2D eigenvalue weighted by Gasteiger charge is -2.34. The SMILES string of the molecule is C=C1CCC(C(=O)N2CCC(O)CC2)CC1. The summed E-state index contributed by atoms with van der Waals surface area (Å²) < 4.78 is 0. The standard InChI is InChI=1S/C13H21NO2/c1-10-2-4-11(5-3-10)13(16)14-8-6-12(15)7-9-14/h11-12,15H,1-9H2. The van der Waals surface area contributed by atoms with E-state index in [4.69, 9.17) is 0 Å². The van der Waals surface area contributed by atoms with Crippen LogP contribution in [0.5, 0.6) is 0 Å². The Hall–Kier alpha value is -0.830. The van der Waals surface area contributed by atoms with Crippen LogP contribution in [-0.4, -0.2) is 35.1 Å². The minimum atomic E-state index is -0.199. The van der Waals surface area contributed by atoms with Crippen LogP contribution in [0.15, 0.2) is 12.2 Å². The summed E-state index contributed by atoms with van der Waals surface area (Å²) in [6, 6.07) is 0. The van der Waals surface area contributed by atoms with Crippen molar-refractivity contribution in [1.29, 1.82) is 0 Å². The van der Waals surface area contributed by atoms with Crippen molar-refractivity contribution in [3.63, 3.8) is 0 Å². The molecule has 1 N–H and O–H groups in total. The van der Waals surface area contributed by atoms with E-state index in [-0.39, 0.29) is 12.0 Å². The Morgan fingerprint density at radius 1 is 1.19 bits per heavy atom. The van der Waals surface area contributed by atoms with Crippen LogP contribution in [0.2, 0.25) is 0 Å². The van der Waals surface area contributed by atoms with Crippen LogP contribution >= 0.6 is 0 Å². The van der Waals surface area contributed by atoms with Crippen LogP contribution in [0.4, 0.5) is 0 Å². The maximum absolute atomic E-state index is 12.2. The summed E-state index contributed by atoms with van der Waals surface area (Å²) in [4.78, 5) is 14.1. The maximum Gasteiger partial charge on any atom is 0.225 e. The van der Waals surface area contributed by atoms with Gasteiger partial charge in [-0.15, -0.1) is 0 Å². The molecule has 1 aliphatic carbocycles. The summed E-state index contributed by atoms with van der Waals surface area (Å²) in [5.41, 5.74) is 1.29. The van der Waals surface area contributed by atoms with Crippen molar-refractivity contribution < 1.29 is 9.90 Å². The molecule has 3 heteroatoms. The molecule has 16 heavy (non-hydrogen) atoms. The van der Waals surface area contributed by atoms with Gasteiger partial charge in [0.2, 0.25) is 5.91 Å². The van der Waals surface area contributed by atoms with E-state index in [0.717, 1.165) is 51.6 Å². The summed E-state index contributed by atoms with van der Waals surface area (Å²) in [6.45, 7) is 5.44. The number of allylic oxidation sites excluding steroid dienone is 1. The lowest BCUT2D eigenvalue weighted by molar-refractivity contribution is -0.138. The highest BCUT2D eigenvalue weighted by Gasteiger charge is 2.29. The molecule has 2 fully saturated rings. The van der Waals surface area contributed by atoms with Crippen LogP contribution in [0, 0.1) is 5.92 Å². The van der Waals surface area contributed by atoms with Crippen molar-refractivity contribution in [2.75, 3.05) is 13.1 Å². The number of likely N-dealkylation sites (tertiary alicyclic amines) is 1. The molecule has 1 saturated carbocycles. The molecule has 0 bridgehead atoms. The van der Waals surface area contributed by atoms with Gasteiger partial charge >= 0.3 is 0 Å². The van der Waals surface area contributed by atoms with Gasteiger partial charge in [-0.2, -0.15) is 0 Å². The minimum absolute atomic E-state index is 0.199. The number of aliphatic hydroxyl groups excluding tert-OH is 1. The Bertz CT molecular complexity index is 270. The molecule has 2 rings (SSSR count). The monoisotopic (exact) mass is 223 g/mol. The Morgan fingerprint density at radius 2 is 1.75 bits per heavy atom. The number of hydrogen-bond donors (Lipinski definition) is 1. The van der Waals surface area contributed by atoms with Gasteiger partial charge in [0.1, 0.15) is 0 Å². The van der Waals surface area contributed by atoms with Crippen molar-refractivity contribution in [1.82, 2.24) is 4.90 Å². The third-order valence-electron chi connectivity index (χ3n) is 3.82. The van der Waals surface area contributed by atoms with Gasteiger partial charge in [-0.25, -0.2) is 0 Å². The third-order valence-corrected chi connectivity index (χ3v) is 3.82. The largest absolute Gasteiger partial charge is 0.393 e. The Balaban J connectivity index is 1.85. The molecule has 1 aliphatic heterocycles. The molecule has 1 amide bonds. The zero-order valence-corrected chi connectivity index (χ0v) is 9.82. The predicted molar refractivity (Wildman–Crippen MR) is 62.9 cm³/mol. The fourth-order valence-electron chi connectivity index (χ4n) is 2.62. The second-order valence-electron chi connectivity index (χ2n) is 5.08. The molecule has 0 atom stereocenters. The van der Waals surface area contributed by atoms with Gasteiger partial charge < -0.3 is 10.0 Å². The van der Waals surface area contributed by atoms with E-state index >= 15 is 0 Å². The summed E-state index contributed by atoms with van der Waals surface area (Å²) >= 11 is 0. The van der Waals surface area contributed by atoms with E-state index in [9.17, 15) is 9.90 Å². The van der Waals surface area contributed by atoms with E-state index in [2.05, 4.69) is 6.58 Å². The molecular weight excluding hydrogens is 202 g/mol. The van der Waals surface area contributed by atoms with Gasteiger partial charge in [0.15, 0.2) is 0 Å². The second kappa shape index (κ2) is 5.00. The first-order valence-electron chi connectivity index (χ1n) is 6.30. The van der Waals surface area contributed by atoms with E-state index in [0.29, 0.717) is 5.91 Å². The summed E-state index contributed by atoms with van der Waals surface area (Å²) in [5.74, 6) is 0.514. The molecule has 2 aliphatic rings. The number of carbonyl (C=O) groups excluding carboxylic acids is 1. The summed E-state index contributed by atoms with van der Waals surface area (Å²) in [7, 11) is 0. The molecule has 90 valence electrons. The van der Waals surface area contributed by atoms with Crippen LogP contribution in [0.25, 0.3) is 0 Å². The van der Waals surface area contributed by atoms with Crippen LogP contribution in [0.1, 0.15) is 38.5 Å². The lowest BCUT2D eigenvalue weighted by Crippen LogP contribution is -2.43. The van der Waals surface area contributed by atoms with Crippen molar-refractivity contribution in [2.45, 2.75) is 44.6 Å². The summed E-state index contributed by atoms with van der Waals surface area (Å²) in [5, 5.41) is 9.40. The molecule has 1 heterocycles. The highest BCUT2D eigenvalue weighted by atomic mass is 16.3. The number of aliphatic hydroxyl groups is 1. The van der Waals surface area contributed by atoms with Crippen molar-refractivity contribution in [2.24, 2.45) is 5.92 Å². The predicted octanol–water partition coefficient (Wildman–Crippen LogP) is 1.72. The van der Waals surface area contributed by atoms with E-state index < -0.39 is 0 Å². The first-order chi connectivity index (χ1) is 7.66. The highest BCUT2D eigenvalue weighted by Crippen LogP contribution is 2.29. The Kier molecular flexibility index (Phi) is 3.64. The Labute approximate surface area is 97.1 Å². The smallest absolute Gasteiger partial charge is 0.225 e. The number of hydrogen-bond acceptors (Lipinski definition) is 2. The number of rotatable bonds is 1. The first-order valence-corrected chi connectivity index (χ1v) is 6.30. The zero-order valence-electron chi connectivity index (χ0n) is 9.82. The number of carbonyl (C=O) groups is 1. The van der Waals surface area contributed by atoms with Gasteiger partial charge in [-0.1, -0.05) is 12.2 Å². The van der Waals surface area contributed by atoms with Gasteiger partial charge in [0, 0.05) is 19.0 Å². The molecule has 0 spiro atoms. The molecule has 0 aromatic carbocycles. The molecule has 0 aromatic rings. The molecular formula is C13H21NO2. The molecule has 1 saturated heterocycles. The number of piperidine rings is 1. The van der Waals surface area contributed by atoms with Gasteiger partial charge in [-0.05, 0) is 38.5 Å². The fourth-order valence-corrected chi connectivity index (χ4v) is 2.62. The van der Waals surface area contributed by atoms with E-state index in [1.165, 1.54) is 5.57 Å². The molecule has 3 nitrogen and oxygen atoms in total. The van der Waals surface area contributed by atoms with Crippen LogP contribution in [0.3, 0.4) is 0 Å². The maximum atomic E-state index is 12.2. The average Bonchev–Trinajstić information content (AvgIpc) is 2.30. The quantitative estimate of drug-likeness (QED) is 0.688. The normalized spacial score (nSPS) is 24.8. The first kappa shape index (κ1) is 11.6. The van der Waals surface area contributed by atoms with Gasteiger partial charge in [-0.3, -0.25) is 4.79 Å². The van der Waals surface area contributed by atoms with E-state index in [1.807, 2.05) is 4.90 Å². The molecule has 0 unspecified atom stereocenters. The number of amides is 1. The summed E-state index contributed by atoms with van der Waals surface area (Å²) in [6.07, 6.45) is 5.24. The van der Waals surface area contributed by atoms with Crippen LogP contribution in [-0.2, 0) is 4.79 Å². The average molecular weight is 223 g/mol. The van der Waals surface area contributed by atoms with Gasteiger partial charge in [0.05, 0.1) is 6.10 Å². The van der Waals surface area contributed by atoms with Crippen LogP contribution < -0.4 is 0 Å². The molecule has 0 aromatic heterocycles. The second-order valence-corrected chi connectivity index (χ2v) is 5.08. The topological polar surface area (TPSA) is 40.5 Å². The fraction of sp³-hybridized carbons (Fsp3) is 0.769.